The molecule has 3 heteroatoms. The van der Waals surface area contributed by atoms with E-state index in [2.05, 4.69) is 13.8 Å². The third-order valence-corrected chi connectivity index (χ3v) is 8.45. The maximum absolute atomic E-state index is 12.3. The van der Waals surface area contributed by atoms with Crippen LogP contribution in [0.3, 0.4) is 0 Å². The summed E-state index contributed by atoms with van der Waals surface area (Å²) in [4.78, 5) is 24.2. The molecule has 24 heavy (non-hydrogen) atoms. The van der Waals surface area contributed by atoms with Crippen molar-refractivity contribution in [3.05, 3.63) is 11.6 Å². The number of allylic oxidation sites excluding steroid dienone is 1. The van der Waals surface area contributed by atoms with Gasteiger partial charge in [-0.15, -0.1) is 0 Å². The molecule has 0 unspecified atom stereocenters. The molecule has 6 atom stereocenters. The zero-order valence-corrected chi connectivity index (χ0v) is 15.3. The van der Waals surface area contributed by atoms with Gasteiger partial charge in [0.1, 0.15) is 0 Å². The molecule has 0 radical (unpaired) electrons. The molecule has 3 fully saturated rings. The molecule has 0 saturated heterocycles. The van der Waals surface area contributed by atoms with Crippen LogP contribution in [-0.4, -0.2) is 18.9 Å². The first-order valence-corrected chi connectivity index (χ1v) is 9.72. The second-order valence-electron chi connectivity index (χ2n) is 9.17. The summed E-state index contributed by atoms with van der Waals surface area (Å²) in [6, 6.07) is 0. The standard InChI is InChI=1S/C21H30O3/c1-20-10-8-14(22)12-13(20)4-5-15-16-6-7-18(19(23)24-3)21(16,2)11-9-17(15)20/h12,15-18H,4-11H2,1-3H3/t15-,16-,17+,18-,20-,21-/m1/s1. The SMILES string of the molecule is COC(=O)[C@H]1CC[C@@H]2[C@H]3CCC4=CC(=O)CC[C@@]4(C)[C@H]3CC[C@@]12C. The predicted octanol–water partition coefficient (Wildman–Crippen LogP) is 4.31. The van der Waals surface area contributed by atoms with Gasteiger partial charge in [-0.3, -0.25) is 9.59 Å². The van der Waals surface area contributed by atoms with Crippen molar-refractivity contribution in [2.45, 2.75) is 65.2 Å². The molecule has 4 aliphatic rings. The Kier molecular flexibility index (Phi) is 3.71. The van der Waals surface area contributed by atoms with E-state index in [0.29, 0.717) is 23.5 Å². The Morgan fingerprint density at radius 3 is 2.62 bits per heavy atom. The van der Waals surface area contributed by atoms with Crippen molar-refractivity contribution in [1.29, 1.82) is 0 Å². The summed E-state index contributed by atoms with van der Waals surface area (Å²) in [7, 11) is 1.53. The van der Waals surface area contributed by atoms with Crippen LogP contribution in [0.1, 0.15) is 65.2 Å². The van der Waals surface area contributed by atoms with E-state index in [1.807, 2.05) is 6.08 Å². The van der Waals surface area contributed by atoms with Crippen LogP contribution < -0.4 is 0 Å². The van der Waals surface area contributed by atoms with Crippen molar-refractivity contribution in [2.75, 3.05) is 7.11 Å². The minimum Gasteiger partial charge on any atom is -0.469 e. The van der Waals surface area contributed by atoms with Crippen molar-refractivity contribution in [3.63, 3.8) is 0 Å². The molecule has 4 aliphatic carbocycles. The second-order valence-corrected chi connectivity index (χ2v) is 9.17. The number of methoxy groups -OCH3 is 1. The fourth-order valence-corrected chi connectivity index (χ4v) is 7.09. The molecule has 132 valence electrons. The molecule has 0 aromatic heterocycles. The smallest absolute Gasteiger partial charge is 0.309 e. The monoisotopic (exact) mass is 330 g/mol. The van der Waals surface area contributed by atoms with E-state index in [0.717, 1.165) is 32.1 Å². The lowest BCUT2D eigenvalue weighted by Crippen LogP contribution is -2.51. The first kappa shape index (κ1) is 16.4. The molecule has 0 N–H and O–H groups in total. The van der Waals surface area contributed by atoms with E-state index in [4.69, 9.17) is 4.74 Å². The molecule has 3 saturated carbocycles. The molecular formula is C21H30O3. The molecular weight excluding hydrogens is 300 g/mol. The minimum atomic E-state index is 0.00400. The lowest BCUT2D eigenvalue weighted by molar-refractivity contribution is -0.152. The van der Waals surface area contributed by atoms with E-state index in [1.54, 1.807) is 0 Å². The van der Waals surface area contributed by atoms with E-state index in [9.17, 15) is 9.59 Å². The summed E-state index contributed by atoms with van der Waals surface area (Å²) in [5.74, 6) is 2.48. The van der Waals surface area contributed by atoms with Crippen molar-refractivity contribution >= 4 is 11.8 Å². The summed E-state index contributed by atoms with van der Waals surface area (Å²) >= 11 is 0. The van der Waals surface area contributed by atoms with Crippen LogP contribution in [0.25, 0.3) is 0 Å². The molecule has 0 spiro atoms. The first-order valence-electron chi connectivity index (χ1n) is 9.72. The summed E-state index contributed by atoms with van der Waals surface area (Å²) in [6.07, 6.45) is 10.5. The number of esters is 1. The maximum Gasteiger partial charge on any atom is 0.309 e. The van der Waals surface area contributed by atoms with E-state index in [-0.39, 0.29) is 22.7 Å². The lowest BCUT2D eigenvalue weighted by Gasteiger charge is -2.57. The summed E-state index contributed by atoms with van der Waals surface area (Å²) in [5, 5.41) is 0. The summed E-state index contributed by atoms with van der Waals surface area (Å²) in [6.45, 7) is 4.76. The molecule has 0 aromatic rings. The molecule has 0 aliphatic heterocycles. The highest BCUT2D eigenvalue weighted by atomic mass is 16.5. The number of fused-ring (bicyclic) bond motifs is 5. The van der Waals surface area contributed by atoms with Gasteiger partial charge in [0.25, 0.3) is 0 Å². The average molecular weight is 330 g/mol. The highest BCUT2D eigenvalue weighted by molar-refractivity contribution is 5.91. The predicted molar refractivity (Wildman–Crippen MR) is 92.2 cm³/mol. The number of ketones is 1. The topological polar surface area (TPSA) is 43.4 Å². The molecule has 0 aromatic carbocycles. The Hall–Kier alpha value is -1.12. The molecule has 3 nitrogen and oxygen atoms in total. The fraction of sp³-hybridized carbons (Fsp3) is 0.810. The van der Waals surface area contributed by atoms with Crippen LogP contribution in [0, 0.1) is 34.5 Å². The van der Waals surface area contributed by atoms with Gasteiger partial charge in [0.2, 0.25) is 0 Å². The Bertz CT molecular complexity index is 606. The largest absolute Gasteiger partial charge is 0.469 e. The normalized spacial score (nSPS) is 47.3. The van der Waals surface area contributed by atoms with Gasteiger partial charge in [-0.05, 0) is 79.6 Å². The minimum absolute atomic E-state index is 0.00400. The zero-order chi connectivity index (χ0) is 17.1. The summed E-state index contributed by atoms with van der Waals surface area (Å²) in [5.41, 5.74) is 1.77. The zero-order valence-electron chi connectivity index (χ0n) is 15.3. The van der Waals surface area contributed by atoms with Gasteiger partial charge in [0.15, 0.2) is 5.78 Å². The van der Waals surface area contributed by atoms with Crippen molar-refractivity contribution in [2.24, 2.45) is 34.5 Å². The van der Waals surface area contributed by atoms with Crippen molar-refractivity contribution < 1.29 is 14.3 Å². The van der Waals surface area contributed by atoms with Crippen LogP contribution in [0.4, 0.5) is 0 Å². The molecule has 0 amide bonds. The summed E-state index contributed by atoms with van der Waals surface area (Å²) < 4.78 is 5.12. The van der Waals surface area contributed by atoms with Crippen LogP contribution in [0.2, 0.25) is 0 Å². The number of carbonyl (C=O) groups is 2. The van der Waals surface area contributed by atoms with Gasteiger partial charge in [-0.2, -0.15) is 0 Å². The lowest BCUT2D eigenvalue weighted by atomic mass is 9.47. The van der Waals surface area contributed by atoms with Crippen LogP contribution in [0.15, 0.2) is 11.6 Å². The Morgan fingerprint density at radius 2 is 1.88 bits per heavy atom. The van der Waals surface area contributed by atoms with Gasteiger partial charge >= 0.3 is 5.97 Å². The van der Waals surface area contributed by atoms with Crippen molar-refractivity contribution in [3.8, 4) is 0 Å². The fourth-order valence-electron chi connectivity index (χ4n) is 7.09. The van der Waals surface area contributed by atoms with E-state index in [1.165, 1.54) is 31.9 Å². The first-order chi connectivity index (χ1) is 11.4. The molecule has 0 heterocycles. The maximum atomic E-state index is 12.3. The van der Waals surface area contributed by atoms with E-state index < -0.39 is 0 Å². The number of ether oxygens (including phenoxy) is 1. The Balaban J connectivity index is 1.65. The highest BCUT2D eigenvalue weighted by Gasteiger charge is 2.60. The Labute approximate surface area is 145 Å². The van der Waals surface area contributed by atoms with E-state index >= 15 is 0 Å². The third-order valence-electron chi connectivity index (χ3n) is 8.45. The molecule has 4 rings (SSSR count). The highest BCUT2D eigenvalue weighted by Crippen LogP contribution is 2.66. The number of carbonyl (C=O) groups excluding carboxylic acids is 2. The van der Waals surface area contributed by atoms with Crippen LogP contribution in [-0.2, 0) is 14.3 Å². The number of hydrogen-bond acceptors (Lipinski definition) is 3. The van der Waals surface area contributed by atoms with Crippen LogP contribution in [0.5, 0.6) is 0 Å². The van der Waals surface area contributed by atoms with Crippen LogP contribution >= 0.6 is 0 Å². The van der Waals surface area contributed by atoms with Gasteiger partial charge in [0, 0.05) is 6.42 Å². The Morgan fingerprint density at radius 1 is 1.08 bits per heavy atom. The number of rotatable bonds is 1. The van der Waals surface area contributed by atoms with Crippen molar-refractivity contribution in [1.82, 2.24) is 0 Å². The van der Waals surface area contributed by atoms with Gasteiger partial charge in [-0.1, -0.05) is 19.4 Å². The van der Waals surface area contributed by atoms with Gasteiger partial charge in [-0.25, -0.2) is 0 Å². The number of hydrogen-bond donors (Lipinski definition) is 0. The molecule has 0 bridgehead atoms. The second kappa shape index (κ2) is 5.44. The van der Waals surface area contributed by atoms with Gasteiger partial charge in [0.05, 0.1) is 13.0 Å². The van der Waals surface area contributed by atoms with Gasteiger partial charge < -0.3 is 4.74 Å². The average Bonchev–Trinajstić information content (AvgIpc) is 2.92. The quantitative estimate of drug-likeness (QED) is 0.673. The third kappa shape index (κ3) is 2.09.